The van der Waals surface area contributed by atoms with Crippen molar-refractivity contribution in [2.45, 2.75) is 9.92 Å². The molecule has 0 radical (unpaired) electrons. The summed E-state index contributed by atoms with van der Waals surface area (Å²) < 4.78 is 38.7. The van der Waals surface area contributed by atoms with E-state index in [9.17, 15) is 8.42 Å². The number of sulfone groups is 1. The summed E-state index contributed by atoms with van der Waals surface area (Å²) >= 11 is 0. The fraction of sp³-hybridized carbons (Fsp3) is 0.0870. The first kappa shape index (κ1) is 20.7. The maximum Gasteiger partial charge on any atom is 0.229 e. The molecular formula is C23H19N5O4S. The second kappa shape index (κ2) is 8.06. The SMILES string of the molecule is COc1ccc(Nc2nc3c(S(=O)(=O)c4ccccc4)nnn3c3ccccc23)c(OC)c1. The number of nitrogens with zero attached hydrogens (tertiary/aromatic N) is 4. The molecule has 0 aliphatic rings. The molecule has 0 saturated carbocycles. The zero-order chi connectivity index (χ0) is 23.0. The summed E-state index contributed by atoms with van der Waals surface area (Å²) in [6, 6.07) is 20.8. The number of hydrogen-bond acceptors (Lipinski definition) is 8. The average Bonchev–Trinajstić information content (AvgIpc) is 3.30. The van der Waals surface area contributed by atoms with Gasteiger partial charge in [-0.1, -0.05) is 35.5 Å². The summed E-state index contributed by atoms with van der Waals surface area (Å²) in [5.74, 6) is 1.62. The highest BCUT2D eigenvalue weighted by molar-refractivity contribution is 7.91. The van der Waals surface area contributed by atoms with E-state index < -0.39 is 9.84 Å². The van der Waals surface area contributed by atoms with Crippen LogP contribution in [0.2, 0.25) is 0 Å². The molecule has 0 unspecified atom stereocenters. The van der Waals surface area contributed by atoms with Gasteiger partial charge in [-0.3, -0.25) is 0 Å². The van der Waals surface area contributed by atoms with Crippen molar-refractivity contribution >= 4 is 37.9 Å². The van der Waals surface area contributed by atoms with Crippen molar-refractivity contribution in [2.24, 2.45) is 0 Å². The van der Waals surface area contributed by atoms with Crippen molar-refractivity contribution in [1.82, 2.24) is 19.8 Å². The van der Waals surface area contributed by atoms with E-state index in [0.717, 1.165) is 5.39 Å². The quantitative estimate of drug-likeness (QED) is 0.406. The third kappa shape index (κ3) is 3.50. The van der Waals surface area contributed by atoms with Gasteiger partial charge in [0, 0.05) is 11.5 Å². The summed E-state index contributed by atoms with van der Waals surface area (Å²) in [5, 5.41) is 11.9. The van der Waals surface area contributed by atoms with Crippen molar-refractivity contribution in [3.63, 3.8) is 0 Å². The van der Waals surface area contributed by atoms with Gasteiger partial charge in [-0.05, 0) is 36.4 Å². The molecule has 0 bridgehead atoms. The highest BCUT2D eigenvalue weighted by Crippen LogP contribution is 2.34. The van der Waals surface area contributed by atoms with Crippen LogP contribution in [0.25, 0.3) is 16.6 Å². The molecule has 2 heterocycles. The van der Waals surface area contributed by atoms with E-state index in [0.29, 0.717) is 28.5 Å². The molecule has 5 rings (SSSR count). The lowest BCUT2D eigenvalue weighted by molar-refractivity contribution is 0.395. The van der Waals surface area contributed by atoms with Crippen molar-refractivity contribution in [3.8, 4) is 11.5 Å². The smallest absolute Gasteiger partial charge is 0.229 e. The van der Waals surface area contributed by atoms with Crippen LogP contribution in [0.4, 0.5) is 11.5 Å². The average molecular weight is 462 g/mol. The van der Waals surface area contributed by atoms with Gasteiger partial charge in [0.2, 0.25) is 14.9 Å². The number of hydrogen-bond donors (Lipinski definition) is 1. The van der Waals surface area contributed by atoms with E-state index in [2.05, 4.69) is 20.6 Å². The van der Waals surface area contributed by atoms with Crippen molar-refractivity contribution in [1.29, 1.82) is 0 Å². The van der Waals surface area contributed by atoms with E-state index >= 15 is 0 Å². The molecule has 1 N–H and O–H groups in total. The molecule has 5 aromatic rings. The van der Waals surface area contributed by atoms with E-state index in [1.54, 1.807) is 50.6 Å². The standard InChI is InChI=1S/C23H19N5O4S/c1-31-15-12-13-18(20(14-15)32-2)24-21-17-10-6-7-11-19(17)28-22(25-21)23(26-27-28)33(29,30)16-8-4-3-5-9-16/h3-14H,1-2H3,(H,24,25). The number of para-hydroxylation sites is 1. The molecule has 0 saturated heterocycles. The first-order chi connectivity index (χ1) is 16.0. The number of benzene rings is 3. The fourth-order valence-electron chi connectivity index (χ4n) is 3.56. The number of fused-ring (bicyclic) bond motifs is 3. The second-order valence-electron chi connectivity index (χ2n) is 7.12. The molecule has 3 aromatic carbocycles. The Morgan fingerprint density at radius 1 is 0.909 bits per heavy atom. The predicted octanol–water partition coefficient (Wildman–Crippen LogP) is 3.87. The Balaban J connectivity index is 1.72. The molecular weight excluding hydrogens is 442 g/mol. The number of aromatic nitrogens is 4. The molecule has 166 valence electrons. The largest absolute Gasteiger partial charge is 0.497 e. The van der Waals surface area contributed by atoms with Gasteiger partial charge in [0.25, 0.3) is 0 Å². The van der Waals surface area contributed by atoms with Crippen LogP contribution in [-0.4, -0.2) is 42.4 Å². The Morgan fingerprint density at radius 3 is 2.42 bits per heavy atom. The van der Waals surface area contributed by atoms with Gasteiger partial charge < -0.3 is 14.8 Å². The summed E-state index contributed by atoms with van der Waals surface area (Å²) in [5.41, 5.74) is 1.41. The first-order valence-electron chi connectivity index (χ1n) is 9.96. The van der Waals surface area contributed by atoms with Gasteiger partial charge in [-0.25, -0.2) is 13.4 Å². The summed E-state index contributed by atoms with van der Waals surface area (Å²) in [7, 11) is -0.797. The number of ether oxygens (including phenoxy) is 2. The molecule has 0 atom stereocenters. The Labute approximate surface area is 189 Å². The van der Waals surface area contributed by atoms with E-state index in [1.807, 2.05) is 24.3 Å². The molecule has 0 aliphatic heterocycles. The molecule has 0 aliphatic carbocycles. The van der Waals surface area contributed by atoms with Crippen LogP contribution < -0.4 is 14.8 Å². The van der Waals surface area contributed by atoms with E-state index in [-0.39, 0.29) is 15.6 Å². The maximum atomic E-state index is 13.3. The molecule has 0 fully saturated rings. The van der Waals surface area contributed by atoms with Crippen LogP contribution in [0.1, 0.15) is 0 Å². The van der Waals surface area contributed by atoms with Crippen LogP contribution in [0.5, 0.6) is 11.5 Å². The lowest BCUT2D eigenvalue weighted by atomic mass is 10.2. The van der Waals surface area contributed by atoms with Gasteiger partial charge in [0.05, 0.1) is 30.3 Å². The Morgan fingerprint density at radius 2 is 1.67 bits per heavy atom. The van der Waals surface area contributed by atoms with E-state index in [1.165, 1.54) is 16.6 Å². The molecule has 0 spiro atoms. The summed E-state index contributed by atoms with van der Waals surface area (Å²) in [4.78, 5) is 4.75. The zero-order valence-corrected chi connectivity index (χ0v) is 18.6. The topological polar surface area (TPSA) is 108 Å². The van der Waals surface area contributed by atoms with Crippen LogP contribution in [-0.2, 0) is 9.84 Å². The summed E-state index contributed by atoms with van der Waals surface area (Å²) in [6.07, 6.45) is 0. The molecule has 10 heteroatoms. The maximum absolute atomic E-state index is 13.3. The molecule has 2 aromatic heterocycles. The van der Waals surface area contributed by atoms with Crippen molar-refractivity contribution in [2.75, 3.05) is 19.5 Å². The van der Waals surface area contributed by atoms with Crippen LogP contribution >= 0.6 is 0 Å². The van der Waals surface area contributed by atoms with Gasteiger partial charge in [-0.15, -0.1) is 5.10 Å². The first-order valence-corrected chi connectivity index (χ1v) is 11.4. The minimum Gasteiger partial charge on any atom is -0.497 e. The predicted molar refractivity (Wildman–Crippen MR) is 123 cm³/mol. The Hall–Kier alpha value is -4.18. The normalized spacial score (nSPS) is 11.6. The van der Waals surface area contributed by atoms with Gasteiger partial charge in [-0.2, -0.15) is 4.52 Å². The number of methoxy groups -OCH3 is 2. The molecule has 33 heavy (non-hydrogen) atoms. The van der Waals surface area contributed by atoms with Gasteiger partial charge in [0.1, 0.15) is 17.3 Å². The third-order valence-electron chi connectivity index (χ3n) is 5.19. The number of anilines is 2. The highest BCUT2D eigenvalue weighted by Gasteiger charge is 2.27. The highest BCUT2D eigenvalue weighted by atomic mass is 32.2. The number of rotatable bonds is 6. The van der Waals surface area contributed by atoms with Crippen molar-refractivity contribution < 1.29 is 17.9 Å². The monoisotopic (exact) mass is 461 g/mol. The lowest BCUT2D eigenvalue weighted by Gasteiger charge is -2.14. The zero-order valence-electron chi connectivity index (χ0n) is 17.8. The molecule has 0 amide bonds. The Kier molecular flexibility index (Phi) is 5.06. The third-order valence-corrected chi connectivity index (χ3v) is 6.86. The Bertz CT molecular complexity index is 1580. The minimum absolute atomic E-state index is 0.118. The van der Waals surface area contributed by atoms with Crippen LogP contribution in [0, 0.1) is 0 Å². The second-order valence-corrected chi connectivity index (χ2v) is 8.98. The summed E-state index contributed by atoms with van der Waals surface area (Å²) in [6.45, 7) is 0. The van der Waals surface area contributed by atoms with Crippen LogP contribution in [0.3, 0.4) is 0 Å². The minimum atomic E-state index is -3.93. The van der Waals surface area contributed by atoms with Crippen molar-refractivity contribution in [3.05, 3.63) is 72.8 Å². The van der Waals surface area contributed by atoms with Gasteiger partial charge >= 0.3 is 0 Å². The van der Waals surface area contributed by atoms with Crippen LogP contribution in [0.15, 0.2) is 82.7 Å². The molecule has 9 nitrogen and oxygen atoms in total. The number of nitrogens with one attached hydrogen (secondary N) is 1. The van der Waals surface area contributed by atoms with E-state index in [4.69, 9.17) is 9.47 Å². The lowest BCUT2D eigenvalue weighted by Crippen LogP contribution is -2.06. The van der Waals surface area contributed by atoms with Gasteiger partial charge in [0.15, 0.2) is 5.65 Å². The fourth-order valence-corrected chi connectivity index (χ4v) is 4.81.